The van der Waals surface area contributed by atoms with Crippen molar-refractivity contribution in [3.8, 4) is 5.75 Å². The average molecular weight is 433 g/mol. The minimum absolute atomic E-state index is 0.218. The summed E-state index contributed by atoms with van der Waals surface area (Å²) in [5, 5.41) is 3.01. The maximum absolute atomic E-state index is 12.9. The van der Waals surface area contributed by atoms with Crippen molar-refractivity contribution in [1.29, 1.82) is 0 Å². The van der Waals surface area contributed by atoms with Crippen LogP contribution in [0.25, 0.3) is 0 Å². The molecule has 0 radical (unpaired) electrons. The number of hydrogen-bond donors (Lipinski definition) is 1. The van der Waals surface area contributed by atoms with Crippen molar-refractivity contribution in [3.05, 3.63) is 59.2 Å². The van der Waals surface area contributed by atoms with Crippen molar-refractivity contribution in [2.75, 3.05) is 24.2 Å². The number of aryl methyl sites for hydroxylation is 2. The Morgan fingerprint density at radius 2 is 1.70 bits per heavy atom. The molecule has 0 bridgehead atoms. The Hall–Kier alpha value is -2.54. The Labute approximate surface area is 180 Å². The first-order valence-corrected chi connectivity index (χ1v) is 11.8. The molecule has 1 atom stereocenters. The van der Waals surface area contributed by atoms with Gasteiger partial charge in [0.2, 0.25) is 15.9 Å². The molecule has 0 spiro atoms. The molecule has 0 saturated carbocycles. The van der Waals surface area contributed by atoms with Gasteiger partial charge in [0, 0.05) is 0 Å². The summed E-state index contributed by atoms with van der Waals surface area (Å²) in [6.07, 6.45) is 1.85. The highest BCUT2D eigenvalue weighted by Gasteiger charge is 2.23. The van der Waals surface area contributed by atoms with Gasteiger partial charge in [-0.2, -0.15) is 0 Å². The van der Waals surface area contributed by atoms with Crippen LogP contribution >= 0.6 is 0 Å². The van der Waals surface area contributed by atoms with Gasteiger partial charge in [0.05, 0.1) is 25.1 Å². The van der Waals surface area contributed by atoms with Crippen LogP contribution in [0.2, 0.25) is 0 Å². The van der Waals surface area contributed by atoms with Crippen LogP contribution in [0.15, 0.2) is 42.5 Å². The number of ether oxygens (including phenoxy) is 1. The zero-order valence-electron chi connectivity index (χ0n) is 18.6. The van der Waals surface area contributed by atoms with Gasteiger partial charge in [0.1, 0.15) is 12.3 Å². The van der Waals surface area contributed by atoms with Crippen LogP contribution < -0.4 is 14.4 Å². The Morgan fingerprint density at radius 3 is 2.20 bits per heavy atom. The van der Waals surface area contributed by atoms with E-state index in [-0.39, 0.29) is 18.5 Å². The minimum Gasteiger partial charge on any atom is -0.497 e. The molecule has 2 aromatic rings. The molecule has 2 aromatic carbocycles. The van der Waals surface area contributed by atoms with E-state index in [1.807, 2.05) is 44.2 Å². The van der Waals surface area contributed by atoms with Crippen molar-refractivity contribution in [3.63, 3.8) is 0 Å². The number of nitrogens with zero attached hydrogens (tertiary/aromatic N) is 1. The van der Waals surface area contributed by atoms with Gasteiger partial charge in [-0.05, 0) is 67.1 Å². The van der Waals surface area contributed by atoms with E-state index in [0.717, 1.165) is 39.4 Å². The van der Waals surface area contributed by atoms with Gasteiger partial charge in [0.15, 0.2) is 0 Å². The molecule has 2 rings (SSSR count). The predicted octanol–water partition coefficient (Wildman–Crippen LogP) is 3.98. The fraction of sp³-hybridized carbons (Fsp3) is 0.435. The van der Waals surface area contributed by atoms with E-state index < -0.39 is 10.0 Å². The maximum Gasteiger partial charge on any atom is 0.241 e. The quantitative estimate of drug-likeness (QED) is 0.650. The Kier molecular flexibility index (Phi) is 7.89. The molecule has 0 heterocycles. The molecular formula is C23H32N2O4S. The number of carbonyl (C=O) groups excluding carboxylic acids is 1. The molecule has 1 amide bonds. The summed E-state index contributed by atoms with van der Waals surface area (Å²) < 4.78 is 31.2. The van der Waals surface area contributed by atoms with Gasteiger partial charge in [-0.1, -0.05) is 32.0 Å². The number of methoxy groups -OCH3 is 1. The number of rotatable bonds is 9. The second kappa shape index (κ2) is 9.98. The highest BCUT2D eigenvalue weighted by Crippen LogP contribution is 2.25. The average Bonchev–Trinajstić information content (AvgIpc) is 2.67. The molecule has 0 fully saturated rings. The van der Waals surface area contributed by atoms with E-state index >= 15 is 0 Å². The van der Waals surface area contributed by atoms with Crippen LogP contribution in [0, 0.1) is 19.8 Å². The van der Waals surface area contributed by atoms with E-state index in [2.05, 4.69) is 19.2 Å². The van der Waals surface area contributed by atoms with Crippen LogP contribution in [0.5, 0.6) is 5.75 Å². The lowest BCUT2D eigenvalue weighted by atomic mass is 9.97. The van der Waals surface area contributed by atoms with Crippen LogP contribution in [-0.4, -0.2) is 34.2 Å². The van der Waals surface area contributed by atoms with Gasteiger partial charge in [-0.15, -0.1) is 0 Å². The van der Waals surface area contributed by atoms with Crippen LogP contribution in [0.1, 0.15) is 43.0 Å². The minimum atomic E-state index is -3.62. The molecule has 0 saturated heterocycles. The number of nitrogens with one attached hydrogen (secondary N) is 1. The summed E-state index contributed by atoms with van der Waals surface area (Å²) in [5.74, 6) is 0.745. The Balaban J connectivity index is 2.24. The Morgan fingerprint density at radius 1 is 1.07 bits per heavy atom. The first kappa shape index (κ1) is 23.7. The van der Waals surface area contributed by atoms with E-state index in [1.165, 1.54) is 0 Å². The molecule has 0 aliphatic rings. The largest absolute Gasteiger partial charge is 0.497 e. The van der Waals surface area contributed by atoms with Crippen molar-refractivity contribution >= 4 is 21.6 Å². The van der Waals surface area contributed by atoms with Gasteiger partial charge >= 0.3 is 0 Å². The van der Waals surface area contributed by atoms with Crippen LogP contribution in [0.4, 0.5) is 5.69 Å². The second-order valence-corrected chi connectivity index (χ2v) is 9.97. The number of benzene rings is 2. The number of sulfonamides is 1. The molecule has 1 unspecified atom stereocenters. The third-order valence-electron chi connectivity index (χ3n) is 5.03. The van der Waals surface area contributed by atoms with Crippen LogP contribution in [0.3, 0.4) is 0 Å². The van der Waals surface area contributed by atoms with Crippen molar-refractivity contribution < 1.29 is 17.9 Å². The lowest BCUT2D eigenvalue weighted by Crippen LogP contribution is -2.41. The SMILES string of the molecule is COc1ccc(C(CC(C)C)NC(=O)CN(c2ccc(C)c(C)c2)S(C)(=O)=O)cc1. The second-order valence-electron chi connectivity index (χ2n) is 8.06. The molecule has 1 N–H and O–H groups in total. The highest BCUT2D eigenvalue weighted by atomic mass is 32.2. The monoisotopic (exact) mass is 432 g/mol. The first-order chi connectivity index (χ1) is 14.0. The fourth-order valence-electron chi connectivity index (χ4n) is 3.24. The third-order valence-corrected chi connectivity index (χ3v) is 6.17. The standard InChI is InChI=1S/C23H32N2O4S/c1-16(2)13-22(19-8-11-21(29-5)12-9-19)24-23(26)15-25(30(6,27)28)20-10-7-17(3)18(4)14-20/h7-12,14,16,22H,13,15H2,1-6H3,(H,24,26). The van der Waals surface area contributed by atoms with Crippen LogP contribution in [-0.2, 0) is 14.8 Å². The lowest BCUT2D eigenvalue weighted by molar-refractivity contribution is -0.120. The summed E-state index contributed by atoms with van der Waals surface area (Å²) in [5.41, 5.74) is 3.47. The summed E-state index contributed by atoms with van der Waals surface area (Å²) >= 11 is 0. The zero-order valence-corrected chi connectivity index (χ0v) is 19.4. The first-order valence-electron chi connectivity index (χ1n) is 9.99. The van der Waals surface area contributed by atoms with Crippen molar-refractivity contribution in [2.24, 2.45) is 5.92 Å². The van der Waals surface area contributed by atoms with Gasteiger partial charge in [0.25, 0.3) is 0 Å². The van der Waals surface area contributed by atoms with Gasteiger partial charge in [-0.3, -0.25) is 9.10 Å². The predicted molar refractivity (Wildman–Crippen MR) is 121 cm³/mol. The van der Waals surface area contributed by atoms with Crippen molar-refractivity contribution in [1.82, 2.24) is 5.32 Å². The van der Waals surface area contributed by atoms with Gasteiger partial charge < -0.3 is 10.1 Å². The fourth-order valence-corrected chi connectivity index (χ4v) is 4.09. The summed E-state index contributed by atoms with van der Waals surface area (Å²) in [7, 11) is -2.01. The maximum atomic E-state index is 12.9. The van der Waals surface area contributed by atoms with Gasteiger partial charge in [-0.25, -0.2) is 8.42 Å². The summed E-state index contributed by atoms with van der Waals surface area (Å²) in [4.78, 5) is 12.9. The molecule has 164 valence electrons. The normalized spacial score (nSPS) is 12.5. The zero-order chi connectivity index (χ0) is 22.5. The molecule has 6 nitrogen and oxygen atoms in total. The highest BCUT2D eigenvalue weighted by molar-refractivity contribution is 7.92. The smallest absolute Gasteiger partial charge is 0.241 e. The number of hydrogen-bond acceptors (Lipinski definition) is 4. The lowest BCUT2D eigenvalue weighted by Gasteiger charge is -2.26. The van der Waals surface area contributed by atoms with Crippen molar-refractivity contribution in [2.45, 2.75) is 40.2 Å². The molecular weight excluding hydrogens is 400 g/mol. The summed E-state index contributed by atoms with van der Waals surface area (Å²) in [6, 6.07) is 12.7. The molecule has 7 heteroatoms. The number of anilines is 1. The third kappa shape index (κ3) is 6.49. The molecule has 0 aliphatic heterocycles. The molecule has 30 heavy (non-hydrogen) atoms. The van der Waals surface area contributed by atoms with E-state index in [0.29, 0.717) is 11.6 Å². The van der Waals surface area contributed by atoms with E-state index in [4.69, 9.17) is 4.74 Å². The Bertz CT molecular complexity index is 969. The molecule has 0 aliphatic carbocycles. The number of carbonyl (C=O) groups is 1. The topological polar surface area (TPSA) is 75.7 Å². The van der Waals surface area contributed by atoms with E-state index in [9.17, 15) is 13.2 Å². The summed E-state index contributed by atoms with van der Waals surface area (Å²) in [6.45, 7) is 7.77. The molecule has 0 aromatic heterocycles. The number of amides is 1. The van der Waals surface area contributed by atoms with E-state index in [1.54, 1.807) is 19.2 Å².